The van der Waals surface area contributed by atoms with Crippen molar-refractivity contribution in [3.63, 3.8) is 0 Å². The van der Waals surface area contributed by atoms with E-state index in [-0.39, 0.29) is 5.54 Å². The molecule has 0 amide bonds. The molecule has 0 saturated carbocycles. The summed E-state index contributed by atoms with van der Waals surface area (Å²) in [5.41, 5.74) is -1.84. The summed E-state index contributed by atoms with van der Waals surface area (Å²) in [7, 11) is -3.49. The number of alkyl halides is 3. The predicted octanol–water partition coefficient (Wildman–Crippen LogP) is 4.63. The summed E-state index contributed by atoms with van der Waals surface area (Å²) in [6.45, 7) is 6.07. The Hall–Kier alpha value is -2.85. The summed E-state index contributed by atoms with van der Waals surface area (Å²) in [5, 5.41) is 4.20. The number of benzene rings is 2. The highest BCUT2D eigenvalue weighted by atomic mass is 32.2. The molecule has 1 saturated heterocycles. The second-order valence-corrected chi connectivity index (χ2v) is 10.7. The lowest BCUT2D eigenvalue weighted by atomic mass is 10.0. The number of hydrogen-bond acceptors (Lipinski definition) is 6. The minimum absolute atomic E-state index is 0.215. The molecule has 4 rings (SSSR count). The molecule has 1 N–H and O–H groups in total. The van der Waals surface area contributed by atoms with Crippen LogP contribution >= 0.6 is 0 Å². The molecule has 0 atom stereocenters. The number of fused-ring (bicyclic) bond motifs is 1. The summed E-state index contributed by atoms with van der Waals surface area (Å²) in [6.07, 6.45) is 1.79. The van der Waals surface area contributed by atoms with Gasteiger partial charge < -0.3 is 10.2 Å². The van der Waals surface area contributed by atoms with Crippen molar-refractivity contribution >= 4 is 32.1 Å². The van der Waals surface area contributed by atoms with Crippen molar-refractivity contribution in [3.8, 4) is 0 Å². The number of nitrogens with one attached hydrogen (secondary N) is 1. The predicted molar refractivity (Wildman–Crippen MR) is 123 cm³/mol. The number of anilines is 2. The highest BCUT2D eigenvalue weighted by Crippen LogP contribution is 2.34. The fraction of sp³-hybridized carbons (Fsp3) is 0.348. The summed E-state index contributed by atoms with van der Waals surface area (Å²) >= 11 is 0. The molecule has 0 spiro atoms. The van der Waals surface area contributed by atoms with Crippen LogP contribution in [-0.2, 0) is 16.4 Å². The van der Waals surface area contributed by atoms with Gasteiger partial charge in [0.2, 0.25) is 0 Å². The molecular weight excluding hydrogens is 453 g/mol. The van der Waals surface area contributed by atoms with Crippen LogP contribution < -0.4 is 10.2 Å². The Morgan fingerprint density at radius 3 is 2.42 bits per heavy atom. The molecule has 0 bridgehead atoms. The first-order chi connectivity index (χ1) is 15.4. The number of nitrogens with zero attached hydrogens (tertiary/aromatic N) is 3. The Bertz CT molecular complexity index is 1280. The maximum Gasteiger partial charge on any atom is 0.501 e. The first-order valence-corrected chi connectivity index (χ1v) is 11.9. The monoisotopic (exact) mass is 478 g/mol. The smallest absolute Gasteiger partial charge is 0.388 e. The van der Waals surface area contributed by atoms with Crippen molar-refractivity contribution in [2.45, 2.75) is 36.3 Å². The van der Waals surface area contributed by atoms with Crippen LogP contribution in [0.25, 0.3) is 10.9 Å². The molecule has 0 aliphatic carbocycles. The highest BCUT2D eigenvalue weighted by molar-refractivity contribution is 7.92. The minimum Gasteiger partial charge on any atom is -0.388 e. The second kappa shape index (κ2) is 8.18. The quantitative estimate of drug-likeness (QED) is 0.577. The lowest BCUT2D eigenvalue weighted by Crippen LogP contribution is -2.39. The average Bonchev–Trinajstić information content (AvgIpc) is 3.07. The molecular formula is C23H25F3N4O2S. The Morgan fingerprint density at radius 2 is 1.79 bits per heavy atom. The van der Waals surface area contributed by atoms with E-state index in [0.29, 0.717) is 25.4 Å². The zero-order valence-corrected chi connectivity index (χ0v) is 19.3. The molecule has 2 aromatic carbocycles. The maximum absolute atomic E-state index is 12.8. The van der Waals surface area contributed by atoms with E-state index in [0.717, 1.165) is 34.3 Å². The van der Waals surface area contributed by atoms with E-state index in [9.17, 15) is 21.6 Å². The highest BCUT2D eigenvalue weighted by Gasteiger charge is 2.47. The van der Waals surface area contributed by atoms with Gasteiger partial charge in [0.25, 0.3) is 9.84 Å². The third kappa shape index (κ3) is 4.37. The lowest BCUT2D eigenvalue weighted by molar-refractivity contribution is -0.0436. The number of sulfone groups is 1. The summed E-state index contributed by atoms with van der Waals surface area (Å²) in [5.74, 6) is 0. The molecule has 1 aliphatic rings. The number of rotatable bonds is 5. The molecule has 1 aliphatic heterocycles. The van der Waals surface area contributed by atoms with Crippen molar-refractivity contribution in [2.24, 2.45) is 0 Å². The Labute approximate surface area is 190 Å². The van der Waals surface area contributed by atoms with Crippen LogP contribution in [0, 0.1) is 0 Å². The standard InChI is InChI=1S/C23H25F3N4O2S/c1-22(2)14-29(18-5-7-19(8-6-18)33(31,32)23(24,25)26)15-30(22)13-16-10-11-28-21-9-4-17(27-3)12-20(16)21/h4-12,27H,13-15H2,1-3H3. The third-order valence-corrected chi connectivity index (χ3v) is 7.58. The van der Waals surface area contributed by atoms with Crippen molar-refractivity contribution in [1.29, 1.82) is 0 Å². The van der Waals surface area contributed by atoms with Crippen LogP contribution in [0.3, 0.4) is 0 Å². The number of hydrogen-bond donors (Lipinski definition) is 1. The van der Waals surface area contributed by atoms with Gasteiger partial charge in [0.05, 0.1) is 17.1 Å². The van der Waals surface area contributed by atoms with Crippen LogP contribution in [0.5, 0.6) is 0 Å². The minimum atomic E-state index is -5.36. The van der Waals surface area contributed by atoms with Gasteiger partial charge in [-0.05, 0) is 67.9 Å². The van der Waals surface area contributed by atoms with Gasteiger partial charge in [-0.25, -0.2) is 8.42 Å². The van der Waals surface area contributed by atoms with Gasteiger partial charge in [-0.1, -0.05) is 0 Å². The first kappa shape index (κ1) is 23.3. The summed E-state index contributed by atoms with van der Waals surface area (Å²) < 4.78 is 61.8. The maximum atomic E-state index is 12.8. The number of aromatic nitrogens is 1. The zero-order valence-electron chi connectivity index (χ0n) is 18.5. The summed E-state index contributed by atoms with van der Waals surface area (Å²) in [4.78, 5) is 8.02. The van der Waals surface area contributed by atoms with Gasteiger partial charge in [0.1, 0.15) is 0 Å². The van der Waals surface area contributed by atoms with Crippen LogP contribution in [0.2, 0.25) is 0 Å². The largest absolute Gasteiger partial charge is 0.501 e. The van der Waals surface area contributed by atoms with Crippen LogP contribution in [0.1, 0.15) is 19.4 Å². The van der Waals surface area contributed by atoms with Gasteiger partial charge in [-0.3, -0.25) is 9.88 Å². The van der Waals surface area contributed by atoms with Crippen LogP contribution in [0.4, 0.5) is 24.5 Å². The van der Waals surface area contributed by atoms with Crippen LogP contribution in [0.15, 0.2) is 59.6 Å². The molecule has 33 heavy (non-hydrogen) atoms. The first-order valence-electron chi connectivity index (χ1n) is 10.4. The van der Waals surface area contributed by atoms with E-state index in [1.54, 1.807) is 6.20 Å². The van der Waals surface area contributed by atoms with Crippen molar-refractivity contribution in [3.05, 3.63) is 60.3 Å². The van der Waals surface area contributed by atoms with E-state index >= 15 is 0 Å². The van der Waals surface area contributed by atoms with Gasteiger partial charge >= 0.3 is 5.51 Å². The van der Waals surface area contributed by atoms with E-state index in [1.165, 1.54) is 12.1 Å². The average molecular weight is 479 g/mol. The number of halogens is 3. The fourth-order valence-electron chi connectivity index (χ4n) is 4.12. The molecule has 3 aromatic rings. The molecule has 0 unspecified atom stereocenters. The van der Waals surface area contributed by atoms with Gasteiger partial charge in [0, 0.05) is 48.6 Å². The third-order valence-electron chi connectivity index (χ3n) is 6.07. The normalized spacial score (nSPS) is 17.0. The Morgan fingerprint density at radius 1 is 1.09 bits per heavy atom. The SMILES string of the molecule is CNc1ccc2nccc(CN3CN(c4ccc(S(=O)(=O)C(F)(F)F)cc4)CC3(C)C)c2c1. The van der Waals surface area contributed by atoms with Crippen LogP contribution in [-0.4, -0.2) is 49.6 Å². The second-order valence-electron chi connectivity index (χ2n) is 8.74. The van der Waals surface area contributed by atoms with E-state index < -0.39 is 20.2 Å². The molecule has 2 heterocycles. The van der Waals surface area contributed by atoms with Gasteiger partial charge in [-0.15, -0.1) is 0 Å². The molecule has 1 fully saturated rings. The summed E-state index contributed by atoms with van der Waals surface area (Å²) in [6, 6.07) is 12.9. The zero-order chi connectivity index (χ0) is 24.0. The fourth-order valence-corrected chi connectivity index (χ4v) is 4.89. The van der Waals surface area contributed by atoms with Crippen molar-refractivity contribution in [2.75, 3.05) is 30.5 Å². The molecule has 0 radical (unpaired) electrons. The molecule has 6 nitrogen and oxygen atoms in total. The molecule has 10 heteroatoms. The molecule has 176 valence electrons. The van der Waals surface area contributed by atoms with Crippen molar-refractivity contribution < 1.29 is 21.6 Å². The molecule has 1 aromatic heterocycles. The van der Waals surface area contributed by atoms with Crippen molar-refractivity contribution in [1.82, 2.24) is 9.88 Å². The van der Waals surface area contributed by atoms with Gasteiger partial charge in [0.15, 0.2) is 0 Å². The Kier molecular flexibility index (Phi) is 5.78. The van der Waals surface area contributed by atoms with Gasteiger partial charge in [-0.2, -0.15) is 13.2 Å². The van der Waals surface area contributed by atoms with E-state index in [2.05, 4.69) is 35.1 Å². The topological polar surface area (TPSA) is 65.5 Å². The van der Waals surface area contributed by atoms with E-state index in [4.69, 9.17) is 0 Å². The van der Waals surface area contributed by atoms with E-state index in [1.807, 2.05) is 30.1 Å². The number of pyridine rings is 1. The lowest BCUT2D eigenvalue weighted by Gasteiger charge is -2.30. The Balaban J connectivity index is 1.58.